The molecule has 0 fully saturated rings. The van der Waals surface area contributed by atoms with Crippen molar-refractivity contribution in [3.05, 3.63) is 72.2 Å². The van der Waals surface area contributed by atoms with Crippen LogP contribution in [0.5, 0.6) is 11.6 Å². The van der Waals surface area contributed by atoms with Gasteiger partial charge in [-0.05, 0) is 31.2 Å². The lowest BCUT2D eigenvalue weighted by Gasteiger charge is -2.37. The third-order valence-corrected chi connectivity index (χ3v) is 6.65. The predicted molar refractivity (Wildman–Crippen MR) is 139 cm³/mol. The van der Waals surface area contributed by atoms with Crippen LogP contribution < -0.4 is 9.47 Å². The Balaban J connectivity index is 1.71. The number of aliphatic hydroxyl groups excluding tert-OH is 1. The highest BCUT2D eigenvalue weighted by atomic mass is 16.5. The largest absolute Gasteiger partial charge is 0.496 e. The van der Waals surface area contributed by atoms with Crippen molar-refractivity contribution in [2.75, 3.05) is 33.9 Å². The smallest absolute Gasteiger partial charge is 0.259 e. The quantitative estimate of drug-likeness (QED) is 0.527. The SMILES string of the molecule is COc1ccccc1-c1cnc2c(c1)C(=O)N([C@@H](C)CO)C[C@@H](C)[C@H](CN(C)C(=O)c1cccnc1)O2. The van der Waals surface area contributed by atoms with E-state index in [1.54, 1.807) is 61.5 Å². The van der Waals surface area contributed by atoms with Gasteiger partial charge in [-0.1, -0.05) is 25.1 Å². The van der Waals surface area contributed by atoms with E-state index in [9.17, 15) is 14.7 Å². The third-order valence-electron chi connectivity index (χ3n) is 6.65. The predicted octanol–water partition coefficient (Wildman–Crippen LogP) is 3.14. The molecule has 2 aromatic heterocycles. The number of rotatable bonds is 7. The zero-order chi connectivity index (χ0) is 26.5. The van der Waals surface area contributed by atoms with E-state index in [1.807, 2.05) is 31.2 Å². The summed E-state index contributed by atoms with van der Waals surface area (Å²) in [6.45, 7) is 4.21. The number of methoxy groups -OCH3 is 1. The second kappa shape index (κ2) is 11.4. The Labute approximate surface area is 216 Å². The van der Waals surface area contributed by atoms with Crippen molar-refractivity contribution >= 4 is 11.8 Å². The van der Waals surface area contributed by atoms with Crippen molar-refractivity contribution in [2.45, 2.75) is 26.0 Å². The van der Waals surface area contributed by atoms with Crippen LogP contribution in [0.15, 0.2) is 61.1 Å². The Morgan fingerprint density at radius 2 is 2.03 bits per heavy atom. The second-order valence-electron chi connectivity index (χ2n) is 9.33. The molecule has 0 aliphatic carbocycles. The average molecular weight is 505 g/mol. The van der Waals surface area contributed by atoms with E-state index in [0.717, 1.165) is 5.56 Å². The minimum atomic E-state index is -0.449. The molecule has 3 heterocycles. The fourth-order valence-electron chi connectivity index (χ4n) is 4.41. The Morgan fingerprint density at radius 3 is 2.73 bits per heavy atom. The number of hydrogen-bond donors (Lipinski definition) is 1. The molecule has 2 amide bonds. The van der Waals surface area contributed by atoms with Crippen molar-refractivity contribution in [1.82, 2.24) is 19.8 Å². The topological polar surface area (TPSA) is 105 Å². The van der Waals surface area contributed by atoms with E-state index in [2.05, 4.69) is 9.97 Å². The summed E-state index contributed by atoms with van der Waals surface area (Å²) in [7, 11) is 3.30. The Bertz CT molecular complexity index is 1250. The molecule has 9 nitrogen and oxygen atoms in total. The van der Waals surface area contributed by atoms with Crippen LogP contribution in [0.25, 0.3) is 11.1 Å². The lowest BCUT2D eigenvalue weighted by atomic mass is 9.99. The number of benzene rings is 1. The highest BCUT2D eigenvalue weighted by molar-refractivity contribution is 5.98. The van der Waals surface area contributed by atoms with Crippen molar-refractivity contribution in [3.8, 4) is 22.8 Å². The van der Waals surface area contributed by atoms with Crippen LogP contribution in [0.4, 0.5) is 0 Å². The van der Waals surface area contributed by atoms with Gasteiger partial charge in [0.1, 0.15) is 17.4 Å². The van der Waals surface area contributed by atoms with E-state index in [0.29, 0.717) is 29.0 Å². The number of aromatic nitrogens is 2. The van der Waals surface area contributed by atoms with Gasteiger partial charge < -0.3 is 24.4 Å². The molecule has 9 heteroatoms. The first-order valence-electron chi connectivity index (χ1n) is 12.2. The minimum absolute atomic E-state index is 0.147. The number of para-hydroxylation sites is 1. The molecule has 0 bridgehead atoms. The Hall–Kier alpha value is -3.98. The molecular weight excluding hydrogens is 472 g/mol. The van der Waals surface area contributed by atoms with E-state index < -0.39 is 12.1 Å². The van der Waals surface area contributed by atoms with Gasteiger partial charge in [0.2, 0.25) is 5.88 Å². The maximum atomic E-state index is 13.7. The Morgan fingerprint density at radius 1 is 1.24 bits per heavy atom. The zero-order valence-corrected chi connectivity index (χ0v) is 21.5. The Kier molecular flexibility index (Phi) is 8.03. The number of amides is 2. The summed E-state index contributed by atoms with van der Waals surface area (Å²) in [5.74, 6) is 0.253. The maximum Gasteiger partial charge on any atom is 0.259 e. The molecule has 1 aromatic carbocycles. The molecule has 3 aromatic rings. The van der Waals surface area contributed by atoms with Crippen molar-refractivity contribution < 1.29 is 24.2 Å². The fourth-order valence-corrected chi connectivity index (χ4v) is 4.41. The summed E-state index contributed by atoms with van der Waals surface area (Å²) in [5.41, 5.74) is 2.28. The van der Waals surface area contributed by atoms with Crippen molar-refractivity contribution in [2.24, 2.45) is 5.92 Å². The number of likely N-dealkylation sites (N-methyl/N-ethyl adjacent to an activating group) is 1. The van der Waals surface area contributed by atoms with Crippen LogP contribution in [0.3, 0.4) is 0 Å². The minimum Gasteiger partial charge on any atom is -0.496 e. The van der Waals surface area contributed by atoms with Gasteiger partial charge in [0.05, 0.1) is 31.9 Å². The first kappa shape index (κ1) is 26.1. The molecule has 3 atom stereocenters. The van der Waals surface area contributed by atoms with Crippen LogP contribution in [0.1, 0.15) is 34.6 Å². The number of carbonyl (C=O) groups excluding carboxylic acids is 2. The normalized spacial score (nSPS) is 18.2. The van der Waals surface area contributed by atoms with Gasteiger partial charge in [-0.15, -0.1) is 0 Å². The number of hydrogen-bond acceptors (Lipinski definition) is 7. The molecule has 37 heavy (non-hydrogen) atoms. The lowest BCUT2D eigenvalue weighted by molar-refractivity contribution is 0.0313. The van der Waals surface area contributed by atoms with E-state index in [-0.39, 0.29) is 36.8 Å². The van der Waals surface area contributed by atoms with Crippen LogP contribution in [0.2, 0.25) is 0 Å². The first-order valence-corrected chi connectivity index (χ1v) is 12.2. The molecule has 0 spiro atoms. The average Bonchev–Trinajstić information content (AvgIpc) is 2.94. The molecule has 194 valence electrons. The summed E-state index contributed by atoms with van der Waals surface area (Å²) in [4.78, 5) is 38.5. The van der Waals surface area contributed by atoms with E-state index in [1.165, 1.54) is 6.20 Å². The molecule has 4 rings (SSSR count). The number of nitrogens with zero attached hydrogens (tertiary/aromatic N) is 4. The molecule has 0 saturated carbocycles. The summed E-state index contributed by atoms with van der Waals surface area (Å²) < 4.78 is 11.8. The summed E-state index contributed by atoms with van der Waals surface area (Å²) in [5, 5.41) is 9.90. The number of carbonyl (C=O) groups is 2. The molecule has 0 unspecified atom stereocenters. The maximum absolute atomic E-state index is 13.7. The highest BCUT2D eigenvalue weighted by Crippen LogP contribution is 2.34. The second-order valence-corrected chi connectivity index (χ2v) is 9.33. The standard InChI is InChI=1S/C28H32N4O5/c1-18-15-32(19(2)17-33)28(35)23-12-21(22-9-5-6-10-24(22)36-4)14-30-26(23)37-25(18)16-31(3)27(34)20-8-7-11-29-13-20/h5-14,18-19,25,33H,15-17H2,1-4H3/t18-,19+,25+/m1/s1. The van der Waals surface area contributed by atoms with Gasteiger partial charge in [0.15, 0.2) is 0 Å². The van der Waals surface area contributed by atoms with E-state index in [4.69, 9.17) is 9.47 Å². The van der Waals surface area contributed by atoms with Crippen LogP contribution in [0, 0.1) is 5.92 Å². The molecule has 1 N–H and O–H groups in total. The van der Waals surface area contributed by atoms with Gasteiger partial charge in [-0.2, -0.15) is 0 Å². The molecule has 1 aliphatic rings. The summed E-state index contributed by atoms with van der Waals surface area (Å²) in [6.07, 6.45) is 4.35. The first-order chi connectivity index (χ1) is 17.8. The zero-order valence-electron chi connectivity index (χ0n) is 21.5. The number of aliphatic hydroxyl groups is 1. The van der Waals surface area contributed by atoms with Gasteiger partial charge in [0.25, 0.3) is 11.8 Å². The van der Waals surface area contributed by atoms with Gasteiger partial charge in [-0.3, -0.25) is 14.6 Å². The summed E-state index contributed by atoms with van der Waals surface area (Å²) in [6, 6.07) is 12.3. The summed E-state index contributed by atoms with van der Waals surface area (Å²) >= 11 is 0. The molecule has 1 aliphatic heterocycles. The fraction of sp³-hybridized carbons (Fsp3) is 0.357. The highest BCUT2D eigenvalue weighted by Gasteiger charge is 2.35. The molecular formula is C28H32N4O5. The van der Waals surface area contributed by atoms with E-state index >= 15 is 0 Å². The molecule has 0 saturated heterocycles. The van der Waals surface area contributed by atoms with Crippen LogP contribution in [-0.4, -0.2) is 82.7 Å². The number of pyridine rings is 2. The number of fused-ring (bicyclic) bond motifs is 1. The van der Waals surface area contributed by atoms with Gasteiger partial charge >= 0.3 is 0 Å². The van der Waals surface area contributed by atoms with Gasteiger partial charge in [-0.25, -0.2) is 4.98 Å². The monoisotopic (exact) mass is 504 g/mol. The molecule has 0 radical (unpaired) electrons. The third kappa shape index (κ3) is 5.56. The van der Waals surface area contributed by atoms with Crippen LogP contribution >= 0.6 is 0 Å². The van der Waals surface area contributed by atoms with Crippen molar-refractivity contribution in [3.63, 3.8) is 0 Å². The van der Waals surface area contributed by atoms with Gasteiger partial charge in [0, 0.05) is 49.2 Å². The lowest BCUT2D eigenvalue weighted by Crippen LogP contribution is -2.50. The van der Waals surface area contributed by atoms with Crippen LogP contribution in [-0.2, 0) is 0 Å². The van der Waals surface area contributed by atoms with Crippen molar-refractivity contribution in [1.29, 1.82) is 0 Å². The number of ether oxygens (including phenoxy) is 2.